The maximum Gasteiger partial charge on any atom is 0.0958 e. The lowest BCUT2D eigenvalue weighted by Crippen LogP contribution is -2.19. The third-order valence-electron chi connectivity index (χ3n) is 2.96. The molecule has 1 unspecified atom stereocenters. The van der Waals surface area contributed by atoms with Gasteiger partial charge in [-0.05, 0) is 25.2 Å². The molecule has 1 atom stereocenters. The molecule has 0 bridgehead atoms. The molecular formula is C13H27O. The van der Waals surface area contributed by atoms with Crippen LogP contribution in [0.3, 0.4) is 0 Å². The van der Waals surface area contributed by atoms with Gasteiger partial charge >= 0.3 is 0 Å². The van der Waals surface area contributed by atoms with Crippen molar-refractivity contribution >= 4 is 0 Å². The van der Waals surface area contributed by atoms with Crippen LogP contribution in [0.2, 0.25) is 0 Å². The standard InChI is InChI=1S/C13H27O/c1-4-7-10-12(11-8-5-2)13(14)9-6-3/h12-13H,4-11H2,1-3H3. The fraction of sp³-hybridized carbons (Fsp3) is 1.00. The maximum absolute atomic E-state index is 11.8. The summed E-state index contributed by atoms with van der Waals surface area (Å²) in [4.78, 5) is 0. The lowest BCUT2D eigenvalue weighted by Gasteiger charge is -2.20. The first kappa shape index (κ1) is 14.0. The average molecular weight is 199 g/mol. The Hall–Kier alpha value is -0.0400. The molecule has 1 radical (unpaired) electrons. The van der Waals surface area contributed by atoms with Gasteiger partial charge in [0.1, 0.15) is 0 Å². The molecule has 0 aromatic heterocycles. The molecule has 0 aliphatic carbocycles. The minimum Gasteiger partial charge on any atom is -0.233 e. The Morgan fingerprint density at radius 3 is 1.64 bits per heavy atom. The fourth-order valence-corrected chi connectivity index (χ4v) is 1.97. The van der Waals surface area contributed by atoms with E-state index < -0.39 is 0 Å². The molecule has 0 N–H and O–H groups in total. The highest BCUT2D eigenvalue weighted by Gasteiger charge is 2.18. The smallest absolute Gasteiger partial charge is 0.0958 e. The lowest BCUT2D eigenvalue weighted by molar-refractivity contribution is 0.0207. The summed E-state index contributed by atoms with van der Waals surface area (Å²) < 4.78 is 0. The third-order valence-corrected chi connectivity index (χ3v) is 2.96. The van der Waals surface area contributed by atoms with Crippen molar-refractivity contribution in [2.45, 2.75) is 78.2 Å². The van der Waals surface area contributed by atoms with E-state index in [2.05, 4.69) is 20.8 Å². The zero-order valence-corrected chi connectivity index (χ0v) is 10.2. The summed E-state index contributed by atoms with van der Waals surface area (Å²) in [6.07, 6.45) is 8.85. The molecule has 0 aromatic rings. The number of rotatable bonds is 9. The largest absolute Gasteiger partial charge is 0.233 e. The second-order valence-corrected chi connectivity index (χ2v) is 4.37. The Morgan fingerprint density at radius 2 is 1.29 bits per heavy atom. The van der Waals surface area contributed by atoms with Crippen LogP contribution in [0.15, 0.2) is 0 Å². The van der Waals surface area contributed by atoms with Crippen LogP contribution in [0.25, 0.3) is 0 Å². The van der Waals surface area contributed by atoms with Crippen molar-refractivity contribution in [2.24, 2.45) is 5.92 Å². The second kappa shape index (κ2) is 9.51. The van der Waals surface area contributed by atoms with Crippen LogP contribution in [-0.2, 0) is 5.11 Å². The Balaban J connectivity index is 3.81. The molecule has 14 heavy (non-hydrogen) atoms. The first-order valence-electron chi connectivity index (χ1n) is 6.42. The van der Waals surface area contributed by atoms with Gasteiger partial charge in [-0.15, -0.1) is 0 Å². The van der Waals surface area contributed by atoms with Gasteiger partial charge in [-0.2, -0.15) is 0 Å². The Labute approximate surface area is 89.9 Å². The Bertz CT molecular complexity index is 104. The lowest BCUT2D eigenvalue weighted by atomic mass is 9.89. The van der Waals surface area contributed by atoms with Crippen molar-refractivity contribution in [3.05, 3.63) is 0 Å². The molecule has 0 aromatic carbocycles. The topological polar surface area (TPSA) is 19.9 Å². The van der Waals surface area contributed by atoms with E-state index in [4.69, 9.17) is 0 Å². The van der Waals surface area contributed by atoms with Gasteiger partial charge in [-0.1, -0.05) is 52.9 Å². The molecule has 0 fully saturated rings. The molecule has 1 heteroatoms. The summed E-state index contributed by atoms with van der Waals surface area (Å²) >= 11 is 0. The van der Waals surface area contributed by atoms with E-state index in [1.807, 2.05) is 0 Å². The quantitative estimate of drug-likeness (QED) is 0.518. The minimum absolute atomic E-state index is 0.293. The van der Waals surface area contributed by atoms with Gasteiger partial charge in [0.15, 0.2) is 0 Å². The van der Waals surface area contributed by atoms with Gasteiger partial charge in [0.05, 0.1) is 6.10 Å². The van der Waals surface area contributed by atoms with Gasteiger partial charge < -0.3 is 0 Å². The highest BCUT2D eigenvalue weighted by Crippen LogP contribution is 2.22. The Morgan fingerprint density at radius 1 is 0.786 bits per heavy atom. The van der Waals surface area contributed by atoms with Gasteiger partial charge in [-0.3, -0.25) is 0 Å². The van der Waals surface area contributed by atoms with Crippen molar-refractivity contribution in [1.29, 1.82) is 0 Å². The van der Waals surface area contributed by atoms with Crippen molar-refractivity contribution in [1.82, 2.24) is 0 Å². The minimum atomic E-state index is -0.293. The summed E-state index contributed by atoms with van der Waals surface area (Å²) in [7, 11) is 0. The van der Waals surface area contributed by atoms with E-state index in [1.54, 1.807) is 0 Å². The predicted octanol–water partition coefficient (Wildman–Crippen LogP) is 4.58. The van der Waals surface area contributed by atoms with Gasteiger partial charge in [-0.25, -0.2) is 5.11 Å². The number of hydrogen-bond acceptors (Lipinski definition) is 0. The average Bonchev–Trinajstić information content (AvgIpc) is 2.18. The fourth-order valence-electron chi connectivity index (χ4n) is 1.97. The predicted molar refractivity (Wildman–Crippen MR) is 61.9 cm³/mol. The van der Waals surface area contributed by atoms with Gasteiger partial charge in [0.2, 0.25) is 0 Å². The zero-order valence-electron chi connectivity index (χ0n) is 10.2. The highest BCUT2D eigenvalue weighted by molar-refractivity contribution is 4.68. The molecule has 0 spiro atoms. The van der Waals surface area contributed by atoms with E-state index in [0.717, 1.165) is 25.7 Å². The van der Waals surface area contributed by atoms with E-state index in [1.165, 1.54) is 25.7 Å². The van der Waals surface area contributed by atoms with Crippen LogP contribution in [0, 0.1) is 5.92 Å². The molecule has 85 valence electrons. The molecule has 0 saturated heterocycles. The van der Waals surface area contributed by atoms with Gasteiger partial charge in [0.25, 0.3) is 0 Å². The van der Waals surface area contributed by atoms with Crippen LogP contribution in [0.4, 0.5) is 0 Å². The van der Waals surface area contributed by atoms with Crippen molar-refractivity contribution < 1.29 is 5.11 Å². The normalized spacial score (nSPS) is 13.5. The first-order chi connectivity index (χ1) is 6.76. The van der Waals surface area contributed by atoms with E-state index >= 15 is 0 Å². The highest BCUT2D eigenvalue weighted by atomic mass is 16.3. The monoisotopic (exact) mass is 199 g/mol. The summed E-state index contributed by atoms with van der Waals surface area (Å²) in [5.41, 5.74) is 0. The molecule has 0 rings (SSSR count). The van der Waals surface area contributed by atoms with Crippen LogP contribution in [-0.4, -0.2) is 6.10 Å². The molecular weight excluding hydrogens is 172 g/mol. The summed E-state index contributed by atoms with van der Waals surface area (Å²) in [6.45, 7) is 6.52. The molecule has 0 aliphatic rings. The van der Waals surface area contributed by atoms with Crippen LogP contribution >= 0.6 is 0 Å². The first-order valence-corrected chi connectivity index (χ1v) is 6.42. The second-order valence-electron chi connectivity index (χ2n) is 4.37. The van der Waals surface area contributed by atoms with Gasteiger partial charge in [0, 0.05) is 0 Å². The molecule has 0 aliphatic heterocycles. The summed E-state index contributed by atoms with van der Waals surface area (Å²) in [5, 5.41) is 11.8. The van der Waals surface area contributed by atoms with Crippen LogP contribution in [0.5, 0.6) is 0 Å². The SMILES string of the molecule is CCCCC(CCCC)C([O])CCC. The third kappa shape index (κ3) is 6.42. The van der Waals surface area contributed by atoms with E-state index in [9.17, 15) is 5.11 Å². The molecule has 0 heterocycles. The number of unbranched alkanes of at least 4 members (excludes halogenated alkanes) is 2. The molecule has 1 nitrogen and oxygen atoms in total. The molecule has 0 amide bonds. The van der Waals surface area contributed by atoms with E-state index in [-0.39, 0.29) is 6.10 Å². The maximum atomic E-state index is 11.8. The van der Waals surface area contributed by atoms with Crippen LogP contribution in [0.1, 0.15) is 72.1 Å². The van der Waals surface area contributed by atoms with Crippen molar-refractivity contribution in [2.75, 3.05) is 0 Å². The van der Waals surface area contributed by atoms with Crippen molar-refractivity contribution in [3.8, 4) is 0 Å². The summed E-state index contributed by atoms with van der Waals surface area (Å²) in [6, 6.07) is 0. The zero-order chi connectivity index (χ0) is 10.8. The van der Waals surface area contributed by atoms with Crippen molar-refractivity contribution in [3.63, 3.8) is 0 Å². The summed E-state index contributed by atoms with van der Waals surface area (Å²) in [5.74, 6) is 0.454. The van der Waals surface area contributed by atoms with E-state index in [0.29, 0.717) is 5.92 Å². The Kier molecular flexibility index (Phi) is 9.49. The molecule has 0 saturated carbocycles. The van der Waals surface area contributed by atoms with Crippen LogP contribution < -0.4 is 0 Å². The number of hydrogen-bond donors (Lipinski definition) is 0.